The Morgan fingerprint density at radius 3 is 1.85 bits per heavy atom. The van der Waals surface area contributed by atoms with E-state index in [1.807, 2.05) is 54.4 Å². The van der Waals surface area contributed by atoms with Gasteiger partial charge in [0.1, 0.15) is 12.2 Å². The summed E-state index contributed by atoms with van der Waals surface area (Å²) in [7, 11) is 0. The number of hydrogen-bond acceptors (Lipinski definition) is 19. The fourth-order valence-electron chi connectivity index (χ4n) is 9.50. The topological polar surface area (TPSA) is 326 Å². The number of β-amino-alcohol motifs (C(OH)–C–C–N with tert-alkyl or cyclic N) is 1. The molecule has 1 amide bonds. The number of piperazine rings is 1. The summed E-state index contributed by atoms with van der Waals surface area (Å²) in [6.45, 7) is 8.66. The molecule has 13 N–H and O–H groups in total. The molecular weight excluding hydrogens is 951 g/mol. The fraction of sp³-hybridized carbons (Fsp3) is 0.698. The molecule has 0 aromatic rings. The van der Waals surface area contributed by atoms with E-state index in [1.54, 1.807) is 68.2 Å². The normalized spacial score (nSPS) is 43.4. The molecule has 4 aliphatic rings. The summed E-state index contributed by atoms with van der Waals surface area (Å²) in [6.07, 6.45) is 4.77. The molecule has 2 bridgehead atoms. The van der Waals surface area contributed by atoms with E-state index in [-0.39, 0.29) is 57.7 Å². The van der Waals surface area contributed by atoms with Gasteiger partial charge in [-0.25, -0.2) is 0 Å². The predicted octanol–water partition coefficient (Wildman–Crippen LogP) is -0.236. The minimum atomic E-state index is -2.31. The number of fused-ring (bicyclic) bond motifs is 2. The SMILES string of the molecule is C[C@@H]1[C@H](O)[C@@H](C)/C=C/C=C/C=C/C=C/C=C/C=C/C=C/[C@H](OC2O[C@H](C)[C@@H](O)[C@H](N)[C@@H]2O)C[C@@H]2O[C@](O)(C[C@@H](O)[C@H](O)CCC(O)CC(O)CC(O)CC(=O)O[C@H]1C)C[C@H](O)[C@H]2C(=O)N1CCN(CCO)CC1. The van der Waals surface area contributed by atoms with Crippen molar-refractivity contribution in [3.8, 4) is 0 Å². The van der Waals surface area contributed by atoms with Gasteiger partial charge in [-0.1, -0.05) is 98.9 Å². The second-order valence-electron chi connectivity index (χ2n) is 20.1. The highest BCUT2D eigenvalue weighted by Gasteiger charge is 2.52. The summed E-state index contributed by atoms with van der Waals surface area (Å²) in [5.41, 5.74) is 6.14. The van der Waals surface area contributed by atoms with Crippen molar-refractivity contribution < 1.29 is 84.7 Å². The van der Waals surface area contributed by atoms with E-state index in [4.69, 9.17) is 24.7 Å². The van der Waals surface area contributed by atoms with E-state index in [9.17, 15) is 65.8 Å². The van der Waals surface area contributed by atoms with Gasteiger partial charge in [-0.2, -0.15) is 0 Å². The van der Waals surface area contributed by atoms with Crippen LogP contribution >= 0.6 is 0 Å². The number of rotatable bonds is 5. The van der Waals surface area contributed by atoms with Gasteiger partial charge in [-0.3, -0.25) is 14.5 Å². The lowest BCUT2D eigenvalue weighted by atomic mass is 9.81. The molecule has 414 valence electrons. The first kappa shape index (κ1) is 62.0. The van der Waals surface area contributed by atoms with Crippen LogP contribution in [0.25, 0.3) is 0 Å². The van der Waals surface area contributed by atoms with Crippen molar-refractivity contribution in [2.75, 3.05) is 39.3 Å². The summed E-state index contributed by atoms with van der Waals surface area (Å²) in [4.78, 5) is 30.7. The lowest BCUT2D eigenvalue weighted by Crippen LogP contribution is -2.62. The van der Waals surface area contributed by atoms with Gasteiger partial charge >= 0.3 is 5.97 Å². The number of esters is 1. The average Bonchev–Trinajstić information content (AvgIpc) is 3.32. The van der Waals surface area contributed by atoms with Crippen LogP contribution in [0.3, 0.4) is 0 Å². The average molecular weight is 1040 g/mol. The summed E-state index contributed by atoms with van der Waals surface area (Å²) in [5, 5.41) is 120. The number of nitrogens with two attached hydrogens (primary N) is 1. The van der Waals surface area contributed by atoms with Crippen LogP contribution in [0.4, 0.5) is 0 Å². The standard InChI is InChI=1S/C53H85N3O17/c1-33-17-15-13-11-9-7-5-6-8-10-12-14-16-18-40(72-52-50(67)47(54)49(66)36(4)71-52)30-44-46(51(68)56-23-21-55(22-24-56)25-26-57)43(63)32-53(69,73-44)31-42(62)41(61)20-19-37(58)27-38(59)28-39(60)29-45(64)70-35(3)34(2)48(33)65/h5-18,33-44,46-50,52,57-63,65-67,69H,19-32,54H2,1-4H3/b6-5+,9-7+,10-8+,13-11+,14-12+,17-15+,18-16+/t33-,34-,35-,36+,37?,38?,39?,40-,41+,42+,43-,44-,46+,47-,48+,49+,50-,52?,53+/m0/s1. The number of aliphatic hydroxyl groups excluding tert-OH is 10. The molecule has 4 heterocycles. The molecule has 73 heavy (non-hydrogen) atoms. The maximum atomic E-state index is 14.4. The maximum Gasteiger partial charge on any atom is 0.308 e. The van der Waals surface area contributed by atoms with Crippen LogP contribution in [0, 0.1) is 17.8 Å². The Balaban J connectivity index is 1.62. The van der Waals surface area contributed by atoms with Gasteiger partial charge in [0.15, 0.2) is 12.1 Å². The van der Waals surface area contributed by atoms with Crippen molar-refractivity contribution in [1.82, 2.24) is 9.80 Å². The summed E-state index contributed by atoms with van der Waals surface area (Å²) in [5.74, 6) is -5.52. The molecule has 0 aliphatic carbocycles. The number of aliphatic hydroxyl groups is 11. The van der Waals surface area contributed by atoms with E-state index < -0.39 is 140 Å². The van der Waals surface area contributed by atoms with Gasteiger partial charge in [0.25, 0.3) is 0 Å². The van der Waals surface area contributed by atoms with Gasteiger partial charge in [0.2, 0.25) is 5.91 Å². The molecule has 3 fully saturated rings. The van der Waals surface area contributed by atoms with E-state index in [0.717, 1.165) is 0 Å². The monoisotopic (exact) mass is 1040 g/mol. The number of hydrogen-bond donors (Lipinski definition) is 12. The molecule has 3 saturated heterocycles. The van der Waals surface area contributed by atoms with Crippen LogP contribution in [0.2, 0.25) is 0 Å². The van der Waals surface area contributed by atoms with E-state index in [2.05, 4.69) is 0 Å². The number of allylic oxidation sites excluding steroid dienone is 12. The maximum absolute atomic E-state index is 14.4. The van der Waals surface area contributed by atoms with Crippen LogP contribution in [0.1, 0.15) is 79.1 Å². The molecule has 4 unspecified atom stereocenters. The third-order valence-electron chi connectivity index (χ3n) is 14.1. The zero-order valence-corrected chi connectivity index (χ0v) is 42.7. The molecule has 19 atom stereocenters. The quantitative estimate of drug-likeness (QED) is 0.158. The Morgan fingerprint density at radius 1 is 0.685 bits per heavy atom. The highest BCUT2D eigenvalue weighted by atomic mass is 16.7. The summed E-state index contributed by atoms with van der Waals surface area (Å²) in [6, 6.07) is -1.14. The Hall–Kier alpha value is -3.52. The Labute approximate surface area is 429 Å². The van der Waals surface area contributed by atoms with Gasteiger partial charge < -0.3 is 85.8 Å². The fourth-order valence-corrected chi connectivity index (χ4v) is 9.50. The minimum absolute atomic E-state index is 0.0555. The third kappa shape index (κ3) is 20.2. The zero-order valence-electron chi connectivity index (χ0n) is 42.7. The number of carbonyl (C=O) groups excluding carboxylic acids is 2. The molecule has 0 aromatic carbocycles. The first-order valence-electron chi connectivity index (χ1n) is 25.7. The van der Waals surface area contributed by atoms with Gasteiger partial charge in [0, 0.05) is 63.8 Å². The lowest BCUT2D eigenvalue weighted by molar-refractivity contribution is -0.309. The first-order chi connectivity index (χ1) is 34.6. The smallest absolute Gasteiger partial charge is 0.308 e. The molecule has 0 spiro atoms. The molecule has 4 aliphatic heterocycles. The highest BCUT2D eigenvalue weighted by molar-refractivity contribution is 5.80. The van der Waals surface area contributed by atoms with Crippen LogP contribution < -0.4 is 5.73 Å². The molecular formula is C53H85N3O17. The Bertz CT molecular complexity index is 1870. The van der Waals surface area contributed by atoms with Crippen LogP contribution in [-0.4, -0.2) is 215 Å². The molecule has 0 radical (unpaired) electrons. The minimum Gasteiger partial charge on any atom is -0.462 e. The van der Waals surface area contributed by atoms with Crippen molar-refractivity contribution in [3.05, 3.63) is 85.1 Å². The number of carbonyl (C=O) groups is 2. The van der Waals surface area contributed by atoms with Crippen molar-refractivity contribution in [3.63, 3.8) is 0 Å². The van der Waals surface area contributed by atoms with E-state index in [0.29, 0.717) is 19.6 Å². The first-order valence-corrected chi connectivity index (χ1v) is 25.7. The number of nitrogens with zero attached hydrogens (tertiary/aromatic N) is 2. The van der Waals surface area contributed by atoms with Crippen LogP contribution in [0.5, 0.6) is 0 Å². The third-order valence-corrected chi connectivity index (χ3v) is 14.1. The zero-order chi connectivity index (χ0) is 53.8. The predicted molar refractivity (Wildman–Crippen MR) is 269 cm³/mol. The summed E-state index contributed by atoms with van der Waals surface area (Å²) >= 11 is 0. The van der Waals surface area contributed by atoms with Gasteiger partial charge in [-0.15, -0.1) is 0 Å². The molecule has 20 heteroatoms. The lowest BCUT2D eigenvalue weighted by Gasteiger charge is -2.47. The molecule has 0 aromatic heterocycles. The van der Waals surface area contributed by atoms with Crippen molar-refractivity contribution >= 4 is 11.9 Å². The van der Waals surface area contributed by atoms with Gasteiger partial charge in [0.05, 0.1) is 92.1 Å². The Morgan fingerprint density at radius 2 is 1.25 bits per heavy atom. The molecule has 4 rings (SSSR count). The number of amides is 1. The Kier molecular flexibility index (Phi) is 26.2. The van der Waals surface area contributed by atoms with Crippen molar-refractivity contribution in [2.45, 2.75) is 177 Å². The number of ether oxygens (including phenoxy) is 4. The van der Waals surface area contributed by atoms with Crippen molar-refractivity contribution in [2.24, 2.45) is 23.5 Å². The number of cyclic esters (lactones) is 1. The van der Waals surface area contributed by atoms with Crippen LogP contribution in [0.15, 0.2) is 85.1 Å². The van der Waals surface area contributed by atoms with Gasteiger partial charge in [-0.05, 0) is 39.5 Å². The van der Waals surface area contributed by atoms with E-state index >= 15 is 0 Å². The second-order valence-corrected chi connectivity index (χ2v) is 20.1. The van der Waals surface area contributed by atoms with Crippen LogP contribution in [-0.2, 0) is 28.5 Å². The van der Waals surface area contributed by atoms with Crippen molar-refractivity contribution in [1.29, 1.82) is 0 Å². The summed E-state index contributed by atoms with van der Waals surface area (Å²) < 4.78 is 23.9. The molecule has 0 saturated carbocycles. The largest absolute Gasteiger partial charge is 0.462 e. The molecule has 20 nitrogen and oxygen atoms in total. The second kappa shape index (κ2) is 30.9. The van der Waals surface area contributed by atoms with E-state index in [1.165, 1.54) is 0 Å². The highest BCUT2D eigenvalue weighted by Crippen LogP contribution is 2.39.